The van der Waals surface area contributed by atoms with Gasteiger partial charge in [-0.25, -0.2) is 0 Å². The Morgan fingerprint density at radius 2 is 2.05 bits per heavy atom. The van der Waals surface area contributed by atoms with E-state index in [1.807, 2.05) is 19.1 Å². The van der Waals surface area contributed by atoms with Crippen LogP contribution >= 0.6 is 0 Å². The van der Waals surface area contributed by atoms with Gasteiger partial charge in [-0.2, -0.15) is 0 Å². The van der Waals surface area contributed by atoms with E-state index in [0.29, 0.717) is 24.0 Å². The minimum absolute atomic E-state index is 0.123. The number of benzene rings is 1. The topological polar surface area (TPSA) is 54.4 Å². The number of phenolic OH excluding ortho intramolecular Hbond substituents is 1. The summed E-state index contributed by atoms with van der Waals surface area (Å²) in [4.78, 5) is 24.2. The number of hydrogen-bond acceptors (Lipinski definition) is 3. The predicted molar refractivity (Wildman–Crippen MR) is 78.1 cm³/mol. The second-order valence-electron chi connectivity index (χ2n) is 7.21. The quantitative estimate of drug-likeness (QED) is 0.745. The van der Waals surface area contributed by atoms with E-state index in [1.165, 1.54) is 11.1 Å². The molecule has 0 aromatic heterocycles. The molecular weight excluding hydrogens is 264 g/mol. The van der Waals surface area contributed by atoms with Crippen LogP contribution in [0, 0.1) is 17.3 Å². The van der Waals surface area contributed by atoms with Crippen LogP contribution in [-0.2, 0) is 16.0 Å². The van der Waals surface area contributed by atoms with Gasteiger partial charge in [0.1, 0.15) is 5.75 Å². The molecule has 3 heteroatoms. The van der Waals surface area contributed by atoms with Crippen LogP contribution in [0.4, 0.5) is 0 Å². The minimum atomic E-state index is -0.410. The molecule has 0 bridgehead atoms. The maximum Gasteiger partial charge on any atom is 0.204 e. The summed E-state index contributed by atoms with van der Waals surface area (Å²) in [5.74, 6) is 1.17. The Labute approximate surface area is 124 Å². The van der Waals surface area contributed by atoms with Crippen molar-refractivity contribution in [3.63, 3.8) is 0 Å². The summed E-state index contributed by atoms with van der Waals surface area (Å²) < 4.78 is 0. The molecule has 1 aromatic carbocycles. The number of aryl methyl sites for hydroxylation is 1. The van der Waals surface area contributed by atoms with Crippen molar-refractivity contribution in [2.24, 2.45) is 17.3 Å². The zero-order valence-electron chi connectivity index (χ0n) is 12.3. The SMILES string of the molecule is C[C@]12CCC3c4ccc(O)cc4CCC3C1CC(=O)C2=O. The van der Waals surface area contributed by atoms with Gasteiger partial charge in [0.15, 0.2) is 5.78 Å². The average Bonchev–Trinajstić information content (AvgIpc) is 2.70. The van der Waals surface area contributed by atoms with Crippen LogP contribution in [0.2, 0.25) is 0 Å². The summed E-state index contributed by atoms with van der Waals surface area (Å²) in [6.45, 7) is 2.01. The van der Waals surface area contributed by atoms with Crippen molar-refractivity contribution in [1.82, 2.24) is 0 Å². The molecule has 3 nitrogen and oxygen atoms in total. The maximum absolute atomic E-state index is 12.2. The van der Waals surface area contributed by atoms with Crippen molar-refractivity contribution in [2.45, 2.75) is 44.9 Å². The van der Waals surface area contributed by atoms with Crippen LogP contribution in [0.3, 0.4) is 0 Å². The van der Waals surface area contributed by atoms with Gasteiger partial charge < -0.3 is 5.11 Å². The summed E-state index contributed by atoms with van der Waals surface area (Å²) in [7, 11) is 0. The lowest BCUT2D eigenvalue weighted by molar-refractivity contribution is -0.139. The summed E-state index contributed by atoms with van der Waals surface area (Å²) in [6, 6.07) is 5.69. The lowest BCUT2D eigenvalue weighted by atomic mass is 9.55. The number of ketones is 2. The van der Waals surface area contributed by atoms with E-state index < -0.39 is 5.41 Å². The van der Waals surface area contributed by atoms with Gasteiger partial charge in [0, 0.05) is 11.8 Å². The van der Waals surface area contributed by atoms with Crippen LogP contribution in [0.5, 0.6) is 5.75 Å². The van der Waals surface area contributed by atoms with Crippen molar-refractivity contribution in [3.05, 3.63) is 29.3 Å². The molecule has 1 aromatic rings. The third kappa shape index (κ3) is 1.66. The van der Waals surface area contributed by atoms with Gasteiger partial charge in [0.05, 0.1) is 0 Å². The summed E-state index contributed by atoms with van der Waals surface area (Å²) in [6.07, 6.45) is 4.23. The monoisotopic (exact) mass is 284 g/mol. The molecule has 0 amide bonds. The second-order valence-corrected chi connectivity index (χ2v) is 7.21. The van der Waals surface area contributed by atoms with Gasteiger partial charge in [-0.15, -0.1) is 0 Å². The highest BCUT2D eigenvalue weighted by molar-refractivity contribution is 6.41. The van der Waals surface area contributed by atoms with Gasteiger partial charge in [0.2, 0.25) is 5.78 Å². The Kier molecular flexibility index (Phi) is 2.60. The highest BCUT2D eigenvalue weighted by Crippen LogP contribution is 2.58. The normalized spacial score (nSPS) is 37.9. The molecule has 4 atom stereocenters. The molecule has 4 rings (SSSR count). The van der Waals surface area contributed by atoms with Gasteiger partial charge in [-0.1, -0.05) is 13.0 Å². The number of carbonyl (C=O) groups excluding carboxylic acids is 2. The first kappa shape index (κ1) is 13.1. The van der Waals surface area contributed by atoms with Crippen molar-refractivity contribution in [3.8, 4) is 5.75 Å². The van der Waals surface area contributed by atoms with Crippen LogP contribution in [0.1, 0.15) is 49.7 Å². The van der Waals surface area contributed by atoms with Crippen LogP contribution < -0.4 is 0 Å². The Morgan fingerprint density at radius 1 is 1.24 bits per heavy atom. The maximum atomic E-state index is 12.2. The van der Waals surface area contributed by atoms with Gasteiger partial charge in [-0.3, -0.25) is 9.59 Å². The van der Waals surface area contributed by atoms with E-state index in [0.717, 1.165) is 25.7 Å². The second kappa shape index (κ2) is 4.19. The Hall–Kier alpha value is -1.64. The highest BCUT2D eigenvalue weighted by atomic mass is 16.3. The summed E-state index contributed by atoms with van der Waals surface area (Å²) >= 11 is 0. The first-order valence-electron chi connectivity index (χ1n) is 7.90. The molecule has 3 aliphatic rings. The minimum Gasteiger partial charge on any atom is -0.508 e. The summed E-state index contributed by atoms with van der Waals surface area (Å²) in [5, 5.41) is 9.66. The number of Topliss-reactive ketones (excluding diaryl/α,β-unsaturated/α-hetero) is 2. The molecule has 21 heavy (non-hydrogen) atoms. The van der Waals surface area contributed by atoms with E-state index in [9.17, 15) is 14.7 Å². The van der Waals surface area contributed by atoms with E-state index >= 15 is 0 Å². The molecule has 0 heterocycles. The lowest BCUT2D eigenvalue weighted by Gasteiger charge is -2.47. The molecule has 0 radical (unpaired) electrons. The van der Waals surface area contributed by atoms with Gasteiger partial charge in [0.25, 0.3) is 0 Å². The number of rotatable bonds is 0. The van der Waals surface area contributed by atoms with Crippen LogP contribution in [-0.4, -0.2) is 16.7 Å². The summed E-state index contributed by atoms with van der Waals surface area (Å²) in [5.41, 5.74) is 2.17. The largest absolute Gasteiger partial charge is 0.508 e. The molecular formula is C18H20O3. The highest BCUT2D eigenvalue weighted by Gasteiger charge is 2.58. The van der Waals surface area contributed by atoms with Crippen LogP contribution in [0.15, 0.2) is 18.2 Å². The lowest BCUT2D eigenvalue weighted by Crippen LogP contribution is -2.42. The smallest absolute Gasteiger partial charge is 0.204 e. The molecule has 2 saturated carbocycles. The molecule has 3 aliphatic carbocycles. The Bertz CT molecular complexity index is 648. The van der Waals surface area contributed by atoms with Crippen molar-refractivity contribution in [1.29, 1.82) is 0 Å². The van der Waals surface area contributed by atoms with Crippen molar-refractivity contribution >= 4 is 11.6 Å². The van der Waals surface area contributed by atoms with E-state index in [2.05, 4.69) is 0 Å². The third-order valence-corrected chi connectivity index (χ3v) is 6.28. The molecule has 110 valence electrons. The standard InChI is InChI=1S/C18H20O3/c1-18-7-6-13-12-5-3-11(19)8-10(12)2-4-14(13)15(18)9-16(20)17(18)21/h3,5,8,13-15,19H,2,4,6-7,9H2,1H3/t13?,14?,15?,18-/m0/s1. The fourth-order valence-electron chi connectivity index (χ4n) is 5.16. The van der Waals surface area contributed by atoms with Crippen molar-refractivity contribution in [2.75, 3.05) is 0 Å². The van der Waals surface area contributed by atoms with E-state index in [-0.39, 0.29) is 17.5 Å². The number of hydrogen-bond donors (Lipinski definition) is 1. The van der Waals surface area contributed by atoms with Crippen molar-refractivity contribution < 1.29 is 14.7 Å². The average molecular weight is 284 g/mol. The fraction of sp³-hybridized carbons (Fsp3) is 0.556. The fourth-order valence-corrected chi connectivity index (χ4v) is 5.16. The van der Waals surface area contributed by atoms with Crippen LogP contribution in [0.25, 0.3) is 0 Å². The first-order chi connectivity index (χ1) is 10.0. The molecule has 3 unspecified atom stereocenters. The zero-order chi connectivity index (χ0) is 14.8. The molecule has 0 spiro atoms. The van der Waals surface area contributed by atoms with Gasteiger partial charge in [-0.05, 0) is 66.7 Å². The molecule has 2 fully saturated rings. The number of phenols is 1. The number of aromatic hydroxyl groups is 1. The predicted octanol–water partition coefficient (Wildman–Crippen LogP) is 3.00. The zero-order valence-corrected chi connectivity index (χ0v) is 12.3. The molecule has 0 saturated heterocycles. The molecule has 0 aliphatic heterocycles. The number of carbonyl (C=O) groups is 2. The van der Waals surface area contributed by atoms with E-state index in [1.54, 1.807) is 6.07 Å². The Balaban J connectivity index is 1.74. The van der Waals surface area contributed by atoms with E-state index in [4.69, 9.17) is 0 Å². The van der Waals surface area contributed by atoms with Gasteiger partial charge >= 0.3 is 0 Å². The molecule has 1 N–H and O–H groups in total. The number of fused-ring (bicyclic) bond motifs is 5. The third-order valence-electron chi connectivity index (χ3n) is 6.28. The first-order valence-corrected chi connectivity index (χ1v) is 7.90. The Morgan fingerprint density at radius 3 is 2.86 bits per heavy atom.